The van der Waals surface area contributed by atoms with Crippen LogP contribution in [-0.4, -0.2) is 22.0 Å². The maximum atomic E-state index is 4.16. The number of hydrogen-bond acceptors (Lipinski definition) is 2. The van der Waals surface area contributed by atoms with Gasteiger partial charge in [-0.1, -0.05) is 24.3 Å². The highest BCUT2D eigenvalue weighted by Crippen LogP contribution is 2.38. The third-order valence-electron chi connectivity index (χ3n) is 4.17. The summed E-state index contributed by atoms with van der Waals surface area (Å²) in [6.45, 7) is 8.01. The first kappa shape index (κ1) is 13.3. The minimum Gasteiger partial charge on any atom is -0.287 e. The lowest BCUT2D eigenvalue weighted by molar-refractivity contribution is 0.0926. The van der Waals surface area contributed by atoms with E-state index in [1.54, 1.807) is 0 Å². The monoisotopic (exact) mass is 266 g/mol. The van der Waals surface area contributed by atoms with Gasteiger partial charge in [-0.05, 0) is 56.0 Å². The van der Waals surface area contributed by atoms with Crippen molar-refractivity contribution >= 4 is 0 Å². The van der Waals surface area contributed by atoms with Crippen LogP contribution in [0.15, 0.2) is 48.8 Å². The van der Waals surface area contributed by atoms with Crippen LogP contribution in [0.4, 0.5) is 0 Å². The van der Waals surface area contributed by atoms with Gasteiger partial charge in [0.05, 0.1) is 6.04 Å². The second kappa shape index (κ2) is 5.02. The van der Waals surface area contributed by atoms with E-state index in [2.05, 4.69) is 67.1 Å². The third-order valence-corrected chi connectivity index (χ3v) is 4.17. The first-order chi connectivity index (χ1) is 9.57. The molecule has 1 aromatic heterocycles. The van der Waals surface area contributed by atoms with Crippen LogP contribution >= 0.6 is 0 Å². The van der Waals surface area contributed by atoms with Crippen LogP contribution in [0.25, 0.3) is 0 Å². The van der Waals surface area contributed by atoms with E-state index >= 15 is 0 Å². The van der Waals surface area contributed by atoms with Crippen molar-refractivity contribution in [2.75, 3.05) is 6.54 Å². The Morgan fingerprint density at radius 2 is 1.75 bits per heavy atom. The van der Waals surface area contributed by atoms with Gasteiger partial charge in [0, 0.05) is 24.5 Å². The van der Waals surface area contributed by atoms with Crippen LogP contribution in [0.3, 0.4) is 0 Å². The van der Waals surface area contributed by atoms with E-state index in [1.165, 1.54) is 16.7 Å². The quantitative estimate of drug-likeness (QED) is 0.780. The van der Waals surface area contributed by atoms with Gasteiger partial charge in [0.2, 0.25) is 0 Å². The molecule has 3 rings (SSSR count). The van der Waals surface area contributed by atoms with Crippen molar-refractivity contribution in [3.63, 3.8) is 0 Å². The van der Waals surface area contributed by atoms with Gasteiger partial charge in [-0.3, -0.25) is 9.88 Å². The number of benzene rings is 1. The van der Waals surface area contributed by atoms with Crippen molar-refractivity contribution in [1.29, 1.82) is 0 Å². The lowest BCUT2D eigenvalue weighted by Gasteiger charge is -2.45. The summed E-state index contributed by atoms with van der Waals surface area (Å²) < 4.78 is 0. The first-order valence-corrected chi connectivity index (χ1v) is 7.32. The molecule has 0 amide bonds. The zero-order valence-corrected chi connectivity index (χ0v) is 12.5. The van der Waals surface area contributed by atoms with Crippen LogP contribution < -0.4 is 0 Å². The summed E-state index contributed by atoms with van der Waals surface area (Å²) in [4.78, 5) is 6.77. The molecule has 2 heterocycles. The van der Waals surface area contributed by atoms with Crippen molar-refractivity contribution in [3.05, 3.63) is 65.5 Å². The predicted octanol–water partition coefficient (Wildman–Crippen LogP) is 3.83. The van der Waals surface area contributed by atoms with Gasteiger partial charge in [0.25, 0.3) is 0 Å². The molecule has 0 radical (unpaired) electrons. The minimum atomic E-state index is 0.154. The van der Waals surface area contributed by atoms with Crippen LogP contribution in [0.2, 0.25) is 0 Å². The van der Waals surface area contributed by atoms with E-state index < -0.39 is 0 Å². The zero-order valence-electron chi connectivity index (χ0n) is 12.5. The van der Waals surface area contributed by atoms with E-state index in [-0.39, 0.29) is 5.54 Å². The molecule has 0 aliphatic carbocycles. The Kier molecular flexibility index (Phi) is 3.35. The number of hydrogen-bond donors (Lipinski definition) is 0. The van der Waals surface area contributed by atoms with Gasteiger partial charge in [0.15, 0.2) is 0 Å². The second-order valence-corrected chi connectivity index (χ2v) is 6.50. The minimum absolute atomic E-state index is 0.154. The van der Waals surface area contributed by atoms with Crippen LogP contribution in [-0.2, 0) is 6.42 Å². The lowest BCUT2D eigenvalue weighted by Crippen LogP contribution is -2.47. The molecular formula is C18H22N2. The summed E-state index contributed by atoms with van der Waals surface area (Å²) in [6, 6.07) is 13.5. The first-order valence-electron chi connectivity index (χ1n) is 7.32. The summed E-state index contributed by atoms with van der Waals surface area (Å²) >= 11 is 0. The largest absolute Gasteiger partial charge is 0.287 e. The van der Waals surface area contributed by atoms with Gasteiger partial charge >= 0.3 is 0 Å². The molecule has 0 spiro atoms. The number of rotatable bonds is 1. The standard InChI is InChI=1S/C18H22N2/c1-18(2,3)20-13-10-14-6-4-5-7-16(14)17(20)15-8-11-19-12-9-15/h4-9,11-12,17H,10,13H2,1-3H3. The topological polar surface area (TPSA) is 16.1 Å². The van der Waals surface area contributed by atoms with Gasteiger partial charge in [-0.2, -0.15) is 0 Å². The van der Waals surface area contributed by atoms with E-state index in [9.17, 15) is 0 Å². The fourth-order valence-corrected chi connectivity index (χ4v) is 3.19. The second-order valence-electron chi connectivity index (χ2n) is 6.50. The van der Waals surface area contributed by atoms with Crippen molar-refractivity contribution in [3.8, 4) is 0 Å². The molecule has 0 bridgehead atoms. The van der Waals surface area contributed by atoms with E-state index in [0.717, 1.165) is 13.0 Å². The normalized spacial score (nSPS) is 19.6. The Bertz CT molecular complexity index is 584. The molecule has 2 heteroatoms. The van der Waals surface area contributed by atoms with Crippen molar-refractivity contribution in [1.82, 2.24) is 9.88 Å². The Hall–Kier alpha value is -1.67. The van der Waals surface area contributed by atoms with Crippen LogP contribution in [0, 0.1) is 0 Å². The highest BCUT2D eigenvalue weighted by molar-refractivity contribution is 5.39. The highest BCUT2D eigenvalue weighted by atomic mass is 15.2. The fourth-order valence-electron chi connectivity index (χ4n) is 3.19. The molecule has 2 nitrogen and oxygen atoms in total. The maximum Gasteiger partial charge on any atom is 0.0609 e. The summed E-state index contributed by atoms with van der Waals surface area (Å²) in [5, 5.41) is 0. The Labute approximate surface area is 121 Å². The predicted molar refractivity (Wildman–Crippen MR) is 82.7 cm³/mol. The molecule has 1 unspecified atom stereocenters. The molecule has 1 aliphatic heterocycles. The lowest BCUT2D eigenvalue weighted by atomic mass is 9.85. The molecule has 1 aliphatic rings. The third kappa shape index (κ3) is 2.36. The fraction of sp³-hybridized carbons (Fsp3) is 0.389. The van der Waals surface area contributed by atoms with Crippen LogP contribution in [0.5, 0.6) is 0 Å². The maximum absolute atomic E-state index is 4.16. The molecule has 0 saturated carbocycles. The molecular weight excluding hydrogens is 244 g/mol. The molecule has 1 aromatic carbocycles. The van der Waals surface area contributed by atoms with Crippen LogP contribution in [0.1, 0.15) is 43.5 Å². The number of fused-ring (bicyclic) bond motifs is 1. The summed E-state index contributed by atoms with van der Waals surface area (Å²) in [7, 11) is 0. The summed E-state index contributed by atoms with van der Waals surface area (Å²) in [5.74, 6) is 0. The van der Waals surface area contributed by atoms with E-state index in [1.807, 2.05) is 12.4 Å². The van der Waals surface area contributed by atoms with Crippen molar-refractivity contribution in [2.24, 2.45) is 0 Å². The molecule has 104 valence electrons. The van der Waals surface area contributed by atoms with E-state index in [0.29, 0.717) is 6.04 Å². The van der Waals surface area contributed by atoms with Gasteiger partial charge in [-0.15, -0.1) is 0 Å². The Balaban J connectivity index is 2.13. The Morgan fingerprint density at radius 1 is 1.05 bits per heavy atom. The number of nitrogens with zero attached hydrogens (tertiary/aromatic N) is 2. The number of pyridine rings is 1. The highest BCUT2D eigenvalue weighted by Gasteiger charge is 2.34. The summed E-state index contributed by atoms with van der Waals surface area (Å²) in [5.41, 5.74) is 4.42. The van der Waals surface area contributed by atoms with E-state index in [4.69, 9.17) is 0 Å². The van der Waals surface area contributed by atoms with Gasteiger partial charge in [0.1, 0.15) is 0 Å². The van der Waals surface area contributed by atoms with Gasteiger partial charge < -0.3 is 0 Å². The molecule has 20 heavy (non-hydrogen) atoms. The Morgan fingerprint density at radius 3 is 2.45 bits per heavy atom. The average Bonchev–Trinajstić information content (AvgIpc) is 2.46. The van der Waals surface area contributed by atoms with Gasteiger partial charge in [-0.25, -0.2) is 0 Å². The number of aromatic nitrogens is 1. The SMILES string of the molecule is CC(C)(C)N1CCc2ccccc2C1c1ccncc1. The smallest absolute Gasteiger partial charge is 0.0609 e. The average molecular weight is 266 g/mol. The zero-order chi connectivity index (χ0) is 14.2. The molecule has 0 N–H and O–H groups in total. The molecule has 0 saturated heterocycles. The van der Waals surface area contributed by atoms with Crippen molar-refractivity contribution < 1.29 is 0 Å². The van der Waals surface area contributed by atoms with Crippen molar-refractivity contribution in [2.45, 2.75) is 38.8 Å². The molecule has 1 atom stereocenters. The molecule has 2 aromatic rings. The summed E-state index contributed by atoms with van der Waals surface area (Å²) in [6.07, 6.45) is 4.93. The molecule has 0 fully saturated rings.